The predicted octanol–water partition coefficient (Wildman–Crippen LogP) is 3.31. The molecule has 0 saturated heterocycles. The molecule has 1 aromatic carbocycles. The number of aryl methyl sites for hydroxylation is 1. The molecule has 0 N–H and O–H groups in total. The van der Waals surface area contributed by atoms with Gasteiger partial charge in [0.1, 0.15) is 5.75 Å². The zero-order valence-corrected chi connectivity index (χ0v) is 7.83. The summed E-state index contributed by atoms with van der Waals surface area (Å²) in [6.07, 6.45) is 0. The summed E-state index contributed by atoms with van der Waals surface area (Å²) in [7, 11) is 1.56. The first-order valence-corrected chi connectivity index (χ1v) is 3.90. The molecule has 0 aliphatic rings. The normalized spacial score (nSPS) is 9.82. The molecular weight excluding hydrogens is 183 g/mol. The highest BCUT2D eigenvalue weighted by Crippen LogP contribution is 2.30. The molecule has 0 spiro atoms. The van der Waals surface area contributed by atoms with E-state index in [1.807, 2.05) is 6.92 Å². The molecule has 0 saturated carbocycles. The molecule has 0 radical (unpaired) electrons. The van der Waals surface area contributed by atoms with Crippen LogP contribution >= 0.6 is 23.2 Å². The van der Waals surface area contributed by atoms with E-state index in [0.717, 1.165) is 5.56 Å². The Morgan fingerprint density at radius 1 is 1.18 bits per heavy atom. The molecule has 1 rings (SSSR count). The number of benzene rings is 1. The van der Waals surface area contributed by atoms with Crippen LogP contribution in [0, 0.1) is 6.92 Å². The molecule has 0 heterocycles. The van der Waals surface area contributed by atoms with Gasteiger partial charge in [-0.1, -0.05) is 23.2 Å². The second kappa shape index (κ2) is 3.33. The van der Waals surface area contributed by atoms with Crippen molar-refractivity contribution in [3.05, 3.63) is 27.7 Å². The van der Waals surface area contributed by atoms with Crippen LogP contribution in [0.2, 0.25) is 10.0 Å². The summed E-state index contributed by atoms with van der Waals surface area (Å²) in [4.78, 5) is 0. The summed E-state index contributed by atoms with van der Waals surface area (Å²) in [5, 5.41) is 1.26. The van der Waals surface area contributed by atoms with Crippen LogP contribution in [0.4, 0.5) is 0 Å². The van der Waals surface area contributed by atoms with Crippen molar-refractivity contribution in [2.45, 2.75) is 6.92 Å². The summed E-state index contributed by atoms with van der Waals surface area (Å²) >= 11 is 11.6. The topological polar surface area (TPSA) is 9.23 Å². The second-order valence-corrected chi connectivity index (χ2v) is 3.05. The van der Waals surface area contributed by atoms with Crippen molar-refractivity contribution >= 4 is 23.2 Å². The number of hydrogen-bond acceptors (Lipinski definition) is 1. The largest absolute Gasteiger partial charge is 0.495 e. The third-order valence-corrected chi connectivity index (χ3v) is 2.14. The minimum Gasteiger partial charge on any atom is -0.495 e. The molecule has 0 amide bonds. The Morgan fingerprint density at radius 3 is 2.36 bits per heavy atom. The minimum atomic E-state index is 0.592. The van der Waals surface area contributed by atoms with E-state index in [1.54, 1.807) is 19.2 Å². The Hall–Kier alpha value is -0.400. The van der Waals surface area contributed by atoms with Gasteiger partial charge in [-0.2, -0.15) is 0 Å². The molecular formula is C8H8Cl2O. The Kier molecular flexibility index (Phi) is 2.63. The lowest BCUT2D eigenvalue weighted by Gasteiger charge is -2.04. The van der Waals surface area contributed by atoms with Crippen molar-refractivity contribution in [3.8, 4) is 5.75 Å². The molecule has 3 heteroatoms. The highest BCUT2D eigenvalue weighted by molar-refractivity contribution is 6.34. The van der Waals surface area contributed by atoms with Gasteiger partial charge in [-0.05, 0) is 18.6 Å². The maximum atomic E-state index is 5.83. The second-order valence-electron chi connectivity index (χ2n) is 2.24. The van der Waals surface area contributed by atoms with E-state index in [4.69, 9.17) is 27.9 Å². The quantitative estimate of drug-likeness (QED) is 0.661. The molecule has 11 heavy (non-hydrogen) atoms. The summed E-state index contributed by atoms with van der Waals surface area (Å²) < 4.78 is 4.96. The van der Waals surface area contributed by atoms with Crippen molar-refractivity contribution in [2.75, 3.05) is 7.11 Å². The first kappa shape index (κ1) is 8.69. The fourth-order valence-electron chi connectivity index (χ4n) is 0.784. The first-order chi connectivity index (χ1) is 5.15. The summed E-state index contributed by atoms with van der Waals surface area (Å²) in [6.45, 7) is 1.90. The van der Waals surface area contributed by atoms with Gasteiger partial charge in [0.2, 0.25) is 0 Å². The van der Waals surface area contributed by atoms with Gasteiger partial charge >= 0.3 is 0 Å². The van der Waals surface area contributed by atoms with E-state index in [9.17, 15) is 0 Å². The van der Waals surface area contributed by atoms with Crippen molar-refractivity contribution in [1.82, 2.24) is 0 Å². The van der Waals surface area contributed by atoms with Gasteiger partial charge in [-0.3, -0.25) is 0 Å². The highest BCUT2D eigenvalue weighted by Gasteiger charge is 2.03. The Labute approximate surface area is 75.9 Å². The molecule has 60 valence electrons. The molecule has 0 aliphatic heterocycles. The van der Waals surface area contributed by atoms with Crippen LogP contribution in [-0.2, 0) is 0 Å². The zero-order valence-electron chi connectivity index (χ0n) is 6.32. The lowest BCUT2D eigenvalue weighted by Crippen LogP contribution is -1.85. The lowest BCUT2D eigenvalue weighted by molar-refractivity contribution is 0.415. The molecule has 0 fully saturated rings. The summed E-state index contributed by atoms with van der Waals surface area (Å²) in [5.41, 5.74) is 0.956. The number of ether oxygens (including phenoxy) is 1. The average molecular weight is 191 g/mol. The van der Waals surface area contributed by atoms with Gasteiger partial charge in [0, 0.05) is 11.1 Å². The number of rotatable bonds is 1. The Balaban J connectivity index is 3.21. The van der Waals surface area contributed by atoms with Crippen LogP contribution in [0.1, 0.15) is 5.56 Å². The van der Waals surface area contributed by atoms with Gasteiger partial charge in [-0.15, -0.1) is 0 Å². The van der Waals surface area contributed by atoms with Gasteiger partial charge < -0.3 is 4.74 Å². The van der Waals surface area contributed by atoms with E-state index >= 15 is 0 Å². The number of halogens is 2. The highest BCUT2D eigenvalue weighted by atomic mass is 35.5. The van der Waals surface area contributed by atoms with Gasteiger partial charge in [0.15, 0.2) is 0 Å². The third kappa shape index (κ3) is 1.79. The van der Waals surface area contributed by atoms with Crippen LogP contribution in [-0.4, -0.2) is 7.11 Å². The molecule has 0 bridgehead atoms. The summed E-state index contributed by atoms with van der Waals surface area (Å²) in [5.74, 6) is 0.613. The SMILES string of the molecule is COc1cc(Cl)c(C)cc1Cl. The fraction of sp³-hybridized carbons (Fsp3) is 0.250. The average Bonchev–Trinajstić information content (AvgIpc) is 1.97. The number of methoxy groups -OCH3 is 1. The van der Waals surface area contributed by atoms with Crippen molar-refractivity contribution in [3.63, 3.8) is 0 Å². The number of hydrogen-bond donors (Lipinski definition) is 0. The smallest absolute Gasteiger partial charge is 0.138 e. The molecule has 0 aliphatic carbocycles. The van der Waals surface area contributed by atoms with Gasteiger partial charge in [-0.25, -0.2) is 0 Å². The molecule has 1 nitrogen and oxygen atoms in total. The van der Waals surface area contributed by atoms with E-state index in [-0.39, 0.29) is 0 Å². The Morgan fingerprint density at radius 2 is 1.82 bits per heavy atom. The maximum absolute atomic E-state index is 5.83. The van der Waals surface area contributed by atoms with E-state index < -0.39 is 0 Å². The van der Waals surface area contributed by atoms with Crippen LogP contribution in [0.3, 0.4) is 0 Å². The molecule has 0 unspecified atom stereocenters. The van der Waals surface area contributed by atoms with Crippen molar-refractivity contribution in [1.29, 1.82) is 0 Å². The predicted molar refractivity (Wildman–Crippen MR) is 47.8 cm³/mol. The third-order valence-electron chi connectivity index (χ3n) is 1.43. The standard InChI is InChI=1S/C8H8Cl2O/c1-5-3-7(10)8(11-2)4-6(5)9/h3-4H,1-2H3. The lowest BCUT2D eigenvalue weighted by atomic mass is 10.2. The Bertz CT molecular complexity index is 271. The minimum absolute atomic E-state index is 0.592. The van der Waals surface area contributed by atoms with E-state index in [1.165, 1.54) is 0 Å². The van der Waals surface area contributed by atoms with Crippen LogP contribution < -0.4 is 4.74 Å². The van der Waals surface area contributed by atoms with Crippen LogP contribution in [0.25, 0.3) is 0 Å². The zero-order chi connectivity index (χ0) is 8.43. The maximum Gasteiger partial charge on any atom is 0.138 e. The van der Waals surface area contributed by atoms with Crippen molar-refractivity contribution < 1.29 is 4.74 Å². The van der Waals surface area contributed by atoms with Crippen LogP contribution in [0.15, 0.2) is 12.1 Å². The molecule has 1 aromatic rings. The molecule has 0 aromatic heterocycles. The van der Waals surface area contributed by atoms with Crippen LogP contribution in [0.5, 0.6) is 5.75 Å². The monoisotopic (exact) mass is 190 g/mol. The van der Waals surface area contributed by atoms with E-state index in [0.29, 0.717) is 15.8 Å². The summed E-state index contributed by atoms with van der Waals surface area (Å²) in [6, 6.07) is 3.49. The van der Waals surface area contributed by atoms with Gasteiger partial charge in [0.05, 0.1) is 12.1 Å². The first-order valence-electron chi connectivity index (χ1n) is 3.15. The van der Waals surface area contributed by atoms with E-state index in [2.05, 4.69) is 0 Å². The molecule has 0 atom stereocenters. The van der Waals surface area contributed by atoms with Gasteiger partial charge in [0.25, 0.3) is 0 Å². The van der Waals surface area contributed by atoms with Crippen molar-refractivity contribution in [2.24, 2.45) is 0 Å². The fourth-order valence-corrected chi connectivity index (χ4v) is 1.23.